The minimum absolute atomic E-state index is 0.270. The fourth-order valence-electron chi connectivity index (χ4n) is 1.44. The number of aldehydes is 1. The molecule has 0 bridgehead atoms. The third-order valence-electron chi connectivity index (χ3n) is 2.26. The van der Waals surface area contributed by atoms with Crippen LogP contribution in [-0.2, 0) is 0 Å². The molecule has 0 amide bonds. The van der Waals surface area contributed by atoms with E-state index >= 15 is 0 Å². The van der Waals surface area contributed by atoms with Crippen LogP contribution < -0.4 is 4.74 Å². The lowest BCUT2D eigenvalue weighted by molar-refractivity contribution is 0.0732. The van der Waals surface area contributed by atoms with Crippen LogP contribution >= 0.6 is 0 Å². The van der Waals surface area contributed by atoms with Crippen LogP contribution in [0.4, 0.5) is 0 Å². The average Bonchev–Trinajstić information content (AvgIpc) is 2.40. The molecule has 0 aliphatic heterocycles. The van der Waals surface area contributed by atoms with Gasteiger partial charge in [0, 0.05) is 5.56 Å². The minimum atomic E-state index is -0.529. The lowest BCUT2D eigenvalue weighted by Crippen LogP contribution is -2.10. The molecule has 0 N–H and O–H groups in total. The zero-order valence-corrected chi connectivity index (χ0v) is 9.00. The van der Waals surface area contributed by atoms with Gasteiger partial charge in [-0.15, -0.1) is 0 Å². The molecule has 0 saturated carbocycles. The lowest BCUT2D eigenvalue weighted by Gasteiger charge is -2.05. The first kappa shape index (κ1) is 11.1. The van der Waals surface area contributed by atoms with E-state index in [1.807, 2.05) is 6.07 Å². The molecule has 3 heteroatoms. The van der Waals surface area contributed by atoms with Gasteiger partial charge in [-0.25, -0.2) is 4.79 Å². The van der Waals surface area contributed by atoms with Crippen molar-refractivity contribution in [1.82, 2.24) is 0 Å². The second-order valence-electron chi connectivity index (χ2n) is 3.41. The first-order valence-electron chi connectivity index (χ1n) is 5.12. The van der Waals surface area contributed by atoms with E-state index in [0.29, 0.717) is 17.6 Å². The van der Waals surface area contributed by atoms with Crippen LogP contribution in [-0.4, -0.2) is 12.3 Å². The van der Waals surface area contributed by atoms with E-state index in [9.17, 15) is 9.59 Å². The molecule has 84 valence electrons. The third-order valence-corrected chi connectivity index (χ3v) is 2.26. The molecule has 17 heavy (non-hydrogen) atoms. The van der Waals surface area contributed by atoms with Crippen molar-refractivity contribution in [2.24, 2.45) is 0 Å². The maximum absolute atomic E-state index is 11.8. The number of benzene rings is 2. The molecule has 0 aliphatic rings. The highest BCUT2D eigenvalue weighted by molar-refractivity contribution is 5.99. The van der Waals surface area contributed by atoms with Crippen molar-refractivity contribution in [3.63, 3.8) is 0 Å². The molecule has 2 aromatic rings. The third kappa shape index (κ3) is 2.58. The molecule has 0 saturated heterocycles. The van der Waals surface area contributed by atoms with Crippen molar-refractivity contribution in [3.8, 4) is 5.75 Å². The molecular weight excluding hydrogens is 216 g/mol. The number of hydrogen-bond donors (Lipinski definition) is 0. The fraction of sp³-hybridized carbons (Fsp3) is 0. The number of rotatable bonds is 3. The molecule has 0 atom stereocenters. The second kappa shape index (κ2) is 5.07. The van der Waals surface area contributed by atoms with Gasteiger partial charge >= 0.3 is 5.97 Å². The summed E-state index contributed by atoms with van der Waals surface area (Å²) in [6, 6.07) is 15.3. The standard InChI is InChI=1S/C14H10O3/c15-10-11-6-4-5-9-13(11)14(16)17-12-7-2-1-3-8-12/h1-10H. The topological polar surface area (TPSA) is 43.4 Å². The smallest absolute Gasteiger partial charge is 0.344 e. The molecule has 0 unspecified atom stereocenters. The monoisotopic (exact) mass is 226 g/mol. The number of carbonyl (C=O) groups is 2. The van der Waals surface area contributed by atoms with Gasteiger partial charge in [-0.05, 0) is 18.2 Å². The van der Waals surface area contributed by atoms with Crippen molar-refractivity contribution in [2.45, 2.75) is 0 Å². The zero-order valence-electron chi connectivity index (χ0n) is 9.00. The summed E-state index contributed by atoms with van der Waals surface area (Å²) in [5.41, 5.74) is 0.597. The van der Waals surface area contributed by atoms with Gasteiger partial charge in [-0.1, -0.05) is 36.4 Å². The summed E-state index contributed by atoms with van der Waals surface area (Å²) < 4.78 is 5.15. The van der Waals surface area contributed by atoms with Gasteiger partial charge in [0.15, 0.2) is 6.29 Å². The van der Waals surface area contributed by atoms with Crippen LogP contribution in [0.3, 0.4) is 0 Å². The highest BCUT2D eigenvalue weighted by Gasteiger charge is 2.12. The molecule has 2 rings (SSSR count). The Bertz CT molecular complexity index is 532. The van der Waals surface area contributed by atoms with Gasteiger partial charge in [0.2, 0.25) is 0 Å². The van der Waals surface area contributed by atoms with Gasteiger partial charge in [0.25, 0.3) is 0 Å². The molecule has 0 spiro atoms. The summed E-state index contributed by atoms with van der Waals surface area (Å²) in [5, 5.41) is 0. The number of hydrogen-bond acceptors (Lipinski definition) is 3. The maximum atomic E-state index is 11.8. The van der Waals surface area contributed by atoms with Crippen molar-refractivity contribution < 1.29 is 14.3 Å². The summed E-state index contributed by atoms with van der Waals surface area (Å²) in [5.74, 6) is -0.0721. The van der Waals surface area contributed by atoms with Crippen LogP contribution in [0.2, 0.25) is 0 Å². The van der Waals surface area contributed by atoms with Crippen molar-refractivity contribution >= 4 is 12.3 Å². The quantitative estimate of drug-likeness (QED) is 0.459. The predicted octanol–water partition coefficient (Wildman–Crippen LogP) is 2.72. The molecule has 0 fully saturated rings. The Morgan fingerprint density at radius 2 is 1.59 bits per heavy atom. The van der Waals surface area contributed by atoms with Gasteiger partial charge < -0.3 is 4.74 Å². The van der Waals surface area contributed by atoms with Crippen LogP contribution in [0.1, 0.15) is 20.7 Å². The molecule has 0 radical (unpaired) electrons. The summed E-state index contributed by atoms with van der Waals surface area (Å²) >= 11 is 0. The Kier molecular flexibility index (Phi) is 3.31. The highest BCUT2D eigenvalue weighted by Crippen LogP contribution is 2.13. The average molecular weight is 226 g/mol. The molecule has 2 aromatic carbocycles. The van der Waals surface area contributed by atoms with Gasteiger partial charge in [0.05, 0.1) is 5.56 Å². The van der Waals surface area contributed by atoms with Crippen molar-refractivity contribution in [2.75, 3.05) is 0 Å². The van der Waals surface area contributed by atoms with E-state index in [4.69, 9.17) is 4.74 Å². The van der Waals surface area contributed by atoms with E-state index < -0.39 is 5.97 Å². The Labute approximate surface area is 98.7 Å². The van der Waals surface area contributed by atoms with E-state index in [1.165, 1.54) is 0 Å². The van der Waals surface area contributed by atoms with Crippen molar-refractivity contribution in [3.05, 3.63) is 65.7 Å². The van der Waals surface area contributed by atoms with Gasteiger partial charge in [-0.3, -0.25) is 4.79 Å². The largest absolute Gasteiger partial charge is 0.423 e. The first-order chi connectivity index (χ1) is 8.31. The Balaban J connectivity index is 2.23. The van der Waals surface area contributed by atoms with E-state index in [1.54, 1.807) is 48.5 Å². The predicted molar refractivity (Wildman–Crippen MR) is 63.2 cm³/mol. The number of ether oxygens (including phenoxy) is 1. The van der Waals surface area contributed by atoms with Gasteiger partial charge in [-0.2, -0.15) is 0 Å². The van der Waals surface area contributed by atoms with Crippen LogP contribution in [0.25, 0.3) is 0 Å². The van der Waals surface area contributed by atoms with E-state index in [-0.39, 0.29) is 5.56 Å². The normalized spacial score (nSPS) is 9.65. The van der Waals surface area contributed by atoms with Crippen LogP contribution in [0, 0.1) is 0 Å². The lowest BCUT2D eigenvalue weighted by atomic mass is 10.1. The summed E-state index contributed by atoms with van der Waals surface area (Å²) in [4.78, 5) is 22.6. The zero-order chi connectivity index (χ0) is 12.1. The maximum Gasteiger partial charge on any atom is 0.344 e. The highest BCUT2D eigenvalue weighted by atomic mass is 16.5. The number of carbonyl (C=O) groups excluding carboxylic acids is 2. The molecule has 0 aliphatic carbocycles. The van der Waals surface area contributed by atoms with Crippen LogP contribution in [0.15, 0.2) is 54.6 Å². The summed E-state index contributed by atoms with van der Waals surface area (Å²) in [6.45, 7) is 0. The molecule has 0 aromatic heterocycles. The first-order valence-corrected chi connectivity index (χ1v) is 5.12. The number of para-hydroxylation sites is 1. The number of esters is 1. The summed E-state index contributed by atoms with van der Waals surface area (Å²) in [7, 11) is 0. The second-order valence-corrected chi connectivity index (χ2v) is 3.41. The Hall–Kier alpha value is -2.42. The van der Waals surface area contributed by atoms with E-state index in [2.05, 4.69) is 0 Å². The molecule has 3 nitrogen and oxygen atoms in total. The SMILES string of the molecule is O=Cc1ccccc1C(=O)Oc1ccccc1. The molecular formula is C14H10O3. The van der Waals surface area contributed by atoms with Crippen LogP contribution in [0.5, 0.6) is 5.75 Å². The minimum Gasteiger partial charge on any atom is -0.423 e. The van der Waals surface area contributed by atoms with Gasteiger partial charge in [0.1, 0.15) is 5.75 Å². The van der Waals surface area contributed by atoms with Crippen molar-refractivity contribution in [1.29, 1.82) is 0 Å². The molecule has 0 heterocycles. The van der Waals surface area contributed by atoms with E-state index in [0.717, 1.165) is 0 Å². The summed E-state index contributed by atoms with van der Waals surface area (Å²) in [6.07, 6.45) is 0.640. The fourth-order valence-corrected chi connectivity index (χ4v) is 1.44. The Morgan fingerprint density at radius 1 is 0.941 bits per heavy atom. The Morgan fingerprint density at radius 3 is 2.29 bits per heavy atom.